The van der Waals surface area contributed by atoms with Crippen molar-refractivity contribution in [2.45, 2.75) is 26.3 Å². The van der Waals surface area contributed by atoms with Gasteiger partial charge in [0.05, 0.1) is 12.1 Å². The lowest BCUT2D eigenvalue weighted by atomic mass is 10.1. The molecule has 1 aromatic rings. The molecule has 0 aliphatic rings. The second-order valence-corrected chi connectivity index (χ2v) is 5.05. The van der Waals surface area contributed by atoms with Gasteiger partial charge in [-0.25, -0.2) is 9.97 Å². The molecule has 7 heteroatoms. The van der Waals surface area contributed by atoms with E-state index in [1.165, 1.54) is 6.33 Å². The molecule has 0 fully saturated rings. The number of carbonyl (C=O) groups excluding carboxylic acids is 2. The maximum absolute atomic E-state index is 11.6. The molecule has 0 aromatic carbocycles. The molecule has 0 saturated carbocycles. The second kappa shape index (κ2) is 5.77. The number of carbonyl (C=O) groups is 2. The number of rotatable bonds is 4. The summed E-state index contributed by atoms with van der Waals surface area (Å²) in [6.45, 7) is 5.64. The van der Waals surface area contributed by atoms with E-state index in [-0.39, 0.29) is 34.5 Å². The van der Waals surface area contributed by atoms with Crippen molar-refractivity contribution in [1.29, 1.82) is 0 Å². The summed E-state index contributed by atoms with van der Waals surface area (Å²) in [5.74, 6) is 0.0446. The fourth-order valence-corrected chi connectivity index (χ4v) is 1.42. The maximum atomic E-state index is 11.6. The first-order valence-electron chi connectivity index (χ1n) is 5.34. The number of nitrogens with zero attached hydrogens (tertiary/aromatic N) is 2. The maximum Gasteiger partial charge on any atom is 0.239 e. The van der Waals surface area contributed by atoms with Crippen molar-refractivity contribution in [3.05, 3.63) is 17.0 Å². The van der Waals surface area contributed by atoms with Gasteiger partial charge in [0.15, 0.2) is 6.29 Å². The second-order valence-electron chi connectivity index (χ2n) is 4.70. The third-order valence-corrected chi connectivity index (χ3v) is 2.19. The van der Waals surface area contributed by atoms with Crippen LogP contribution in [-0.2, 0) is 4.79 Å². The summed E-state index contributed by atoms with van der Waals surface area (Å²) in [6.07, 6.45) is 1.77. The van der Waals surface area contributed by atoms with Gasteiger partial charge in [0.1, 0.15) is 17.3 Å². The smallest absolute Gasteiger partial charge is 0.239 e. The van der Waals surface area contributed by atoms with Gasteiger partial charge in [0, 0.05) is 5.54 Å². The molecule has 98 valence electrons. The molecule has 18 heavy (non-hydrogen) atoms. The Morgan fingerprint density at radius 3 is 2.67 bits per heavy atom. The van der Waals surface area contributed by atoms with Crippen LogP contribution in [0.1, 0.15) is 31.1 Å². The molecule has 0 unspecified atom stereocenters. The highest BCUT2D eigenvalue weighted by Crippen LogP contribution is 2.16. The van der Waals surface area contributed by atoms with Gasteiger partial charge in [0.25, 0.3) is 0 Å². The summed E-state index contributed by atoms with van der Waals surface area (Å²) in [5, 5.41) is 5.58. The minimum absolute atomic E-state index is 0.00541. The predicted octanol–water partition coefficient (Wildman–Crippen LogP) is 1.27. The fraction of sp³-hybridized carbons (Fsp3) is 0.455. The molecule has 6 nitrogen and oxygen atoms in total. The summed E-state index contributed by atoms with van der Waals surface area (Å²) in [7, 11) is 0. The Morgan fingerprint density at radius 2 is 2.11 bits per heavy atom. The summed E-state index contributed by atoms with van der Waals surface area (Å²) in [4.78, 5) is 29.9. The van der Waals surface area contributed by atoms with Crippen molar-refractivity contribution in [3.8, 4) is 0 Å². The van der Waals surface area contributed by atoms with Crippen LogP contribution in [0, 0.1) is 0 Å². The lowest BCUT2D eigenvalue weighted by molar-refractivity contribution is -0.120. The van der Waals surface area contributed by atoms with Crippen LogP contribution < -0.4 is 10.6 Å². The van der Waals surface area contributed by atoms with E-state index in [0.29, 0.717) is 6.29 Å². The van der Waals surface area contributed by atoms with Gasteiger partial charge in [-0.05, 0) is 20.8 Å². The van der Waals surface area contributed by atoms with Crippen molar-refractivity contribution < 1.29 is 9.59 Å². The van der Waals surface area contributed by atoms with Crippen molar-refractivity contribution in [3.63, 3.8) is 0 Å². The number of halogens is 1. The Bertz CT molecular complexity index is 457. The summed E-state index contributed by atoms with van der Waals surface area (Å²) in [5.41, 5.74) is -0.169. The minimum Gasteiger partial charge on any atom is -0.360 e. The third kappa shape index (κ3) is 4.29. The average Bonchev–Trinajstić information content (AvgIpc) is 2.24. The first-order valence-corrected chi connectivity index (χ1v) is 5.72. The van der Waals surface area contributed by atoms with Gasteiger partial charge >= 0.3 is 0 Å². The van der Waals surface area contributed by atoms with Crippen LogP contribution in [0.2, 0.25) is 5.15 Å². The molecule has 0 saturated heterocycles. The lowest BCUT2D eigenvalue weighted by Crippen LogP contribution is -2.43. The van der Waals surface area contributed by atoms with Crippen molar-refractivity contribution in [2.75, 3.05) is 11.9 Å². The van der Waals surface area contributed by atoms with E-state index in [1.54, 1.807) is 0 Å². The van der Waals surface area contributed by atoms with Crippen LogP contribution in [0.4, 0.5) is 5.82 Å². The molecular weight excluding hydrogens is 256 g/mol. The minimum atomic E-state index is -0.310. The van der Waals surface area contributed by atoms with Gasteiger partial charge in [-0.15, -0.1) is 0 Å². The number of hydrogen-bond donors (Lipinski definition) is 2. The first-order chi connectivity index (χ1) is 8.33. The quantitative estimate of drug-likeness (QED) is 0.636. The molecule has 0 bridgehead atoms. The van der Waals surface area contributed by atoms with E-state index in [9.17, 15) is 9.59 Å². The van der Waals surface area contributed by atoms with Crippen molar-refractivity contribution >= 4 is 29.6 Å². The molecule has 0 spiro atoms. The Hall–Kier alpha value is -1.69. The SMILES string of the molecule is CC(C)(C)NC(=O)CNc1ncnc(Cl)c1C=O. The van der Waals surface area contributed by atoms with Crippen LogP contribution >= 0.6 is 11.6 Å². The van der Waals surface area contributed by atoms with E-state index < -0.39 is 0 Å². The Morgan fingerprint density at radius 1 is 1.44 bits per heavy atom. The largest absolute Gasteiger partial charge is 0.360 e. The van der Waals surface area contributed by atoms with Crippen LogP contribution in [0.3, 0.4) is 0 Å². The Kier molecular flexibility index (Phi) is 4.61. The number of aromatic nitrogens is 2. The zero-order valence-electron chi connectivity index (χ0n) is 10.5. The number of aldehydes is 1. The molecule has 0 atom stereocenters. The topological polar surface area (TPSA) is 84.0 Å². The predicted molar refractivity (Wildman–Crippen MR) is 68.8 cm³/mol. The molecule has 0 radical (unpaired) electrons. The molecule has 1 heterocycles. The Balaban J connectivity index is 2.67. The van der Waals surface area contributed by atoms with E-state index in [4.69, 9.17) is 11.6 Å². The number of nitrogens with one attached hydrogen (secondary N) is 2. The number of hydrogen-bond acceptors (Lipinski definition) is 5. The monoisotopic (exact) mass is 270 g/mol. The molecule has 1 aromatic heterocycles. The number of amides is 1. The van der Waals surface area contributed by atoms with Gasteiger partial charge in [-0.1, -0.05) is 11.6 Å². The average molecular weight is 271 g/mol. The molecule has 0 aliphatic heterocycles. The van der Waals surface area contributed by atoms with Gasteiger partial charge < -0.3 is 10.6 Å². The zero-order chi connectivity index (χ0) is 13.8. The van der Waals surface area contributed by atoms with Crippen molar-refractivity contribution in [2.24, 2.45) is 0 Å². The van der Waals surface area contributed by atoms with E-state index in [2.05, 4.69) is 20.6 Å². The highest BCUT2D eigenvalue weighted by Gasteiger charge is 2.14. The first kappa shape index (κ1) is 14.4. The van der Waals surface area contributed by atoms with Crippen LogP contribution in [0.25, 0.3) is 0 Å². The summed E-state index contributed by atoms with van der Waals surface area (Å²) >= 11 is 5.73. The molecular formula is C11H15ClN4O2. The normalized spacial score (nSPS) is 10.9. The summed E-state index contributed by atoms with van der Waals surface area (Å²) < 4.78 is 0. The standard InChI is InChI=1S/C11H15ClN4O2/c1-11(2,3)16-8(18)4-13-10-7(5-17)9(12)14-6-15-10/h5-6H,4H2,1-3H3,(H,16,18)(H,13,14,15). The van der Waals surface area contributed by atoms with E-state index in [1.807, 2.05) is 20.8 Å². The highest BCUT2D eigenvalue weighted by molar-refractivity contribution is 6.32. The molecule has 1 rings (SSSR count). The highest BCUT2D eigenvalue weighted by atomic mass is 35.5. The molecule has 2 N–H and O–H groups in total. The van der Waals surface area contributed by atoms with Crippen LogP contribution in [-0.4, -0.2) is 34.2 Å². The van der Waals surface area contributed by atoms with Gasteiger partial charge in [0.2, 0.25) is 5.91 Å². The van der Waals surface area contributed by atoms with Gasteiger partial charge in [-0.3, -0.25) is 9.59 Å². The molecule has 1 amide bonds. The summed E-state index contributed by atoms with van der Waals surface area (Å²) in [6, 6.07) is 0. The zero-order valence-corrected chi connectivity index (χ0v) is 11.2. The van der Waals surface area contributed by atoms with Crippen molar-refractivity contribution in [1.82, 2.24) is 15.3 Å². The van der Waals surface area contributed by atoms with Crippen LogP contribution in [0.15, 0.2) is 6.33 Å². The van der Waals surface area contributed by atoms with E-state index in [0.717, 1.165) is 0 Å². The van der Waals surface area contributed by atoms with Gasteiger partial charge in [-0.2, -0.15) is 0 Å². The van der Waals surface area contributed by atoms with E-state index >= 15 is 0 Å². The van der Waals surface area contributed by atoms with Crippen LogP contribution in [0.5, 0.6) is 0 Å². The fourth-order valence-electron chi connectivity index (χ4n) is 1.25. The molecule has 0 aliphatic carbocycles. The lowest BCUT2D eigenvalue weighted by Gasteiger charge is -2.20. The Labute approximate surface area is 110 Å². The number of anilines is 1. The third-order valence-electron chi connectivity index (χ3n) is 1.88.